The summed E-state index contributed by atoms with van der Waals surface area (Å²) in [5, 5.41) is 3.17. The van der Waals surface area contributed by atoms with Gasteiger partial charge in [-0.2, -0.15) is 4.31 Å². The molecule has 0 atom stereocenters. The van der Waals surface area contributed by atoms with Crippen LogP contribution >= 0.6 is 11.6 Å². The van der Waals surface area contributed by atoms with Gasteiger partial charge in [0.2, 0.25) is 15.9 Å². The molecule has 0 aliphatic rings. The maximum Gasteiger partial charge on any atom is 0.251 e. The molecule has 0 bridgehead atoms. The number of halogens is 1. The summed E-state index contributed by atoms with van der Waals surface area (Å²) < 4.78 is 27.5. The van der Waals surface area contributed by atoms with Crippen molar-refractivity contribution in [3.05, 3.63) is 58.0 Å². The Morgan fingerprint density at radius 1 is 1.12 bits per heavy atom. The van der Waals surface area contributed by atoms with Gasteiger partial charge in [-0.3, -0.25) is 9.59 Å². The lowest BCUT2D eigenvalue weighted by Gasteiger charge is -2.19. The first kappa shape index (κ1) is 20.2. The Labute approximate surface area is 157 Å². The molecule has 1 aromatic carbocycles. The highest BCUT2D eigenvalue weighted by Gasteiger charge is 2.22. The van der Waals surface area contributed by atoms with Gasteiger partial charge in [0.05, 0.1) is 4.90 Å². The zero-order chi connectivity index (χ0) is 19.3. The van der Waals surface area contributed by atoms with Crippen LogP contribution in [0.4, 0.5) is 5.69 Å². The second-order valence-corrected chi connectivity index (χ2v) is 7.85. The maximum atomic E-state index is 12.6. The number of hydrogen-bond acceptors (Lipinski definition) is 4. The largest absolute Gasteiger partial charge is 0.325 e. The molecule has 0 saturated carbocycles. The summed E-state index contributed by atoms with van der Waals surface area (Å²) in [6.45, 7) is 3.79. The van der Waals surface area contributed by atoms with Crippen LogP contribution in [0, 0.1) is 0 Å². The molecule has 1 amide bonds. The van der Waals surface area contributed by atoms with Gasteiger partial charge in [0.25, 0.3) is 5.56 Å². The topological polar surface area (TPSA) is 88.5 Å². The third kappa shape index (κ3) is 4.72. The lowest BCUT2D eigenvalue weighted by molar-refractivity contribution is -0.116. The van der Waals surface area contributed by atoms with Crippen LogP contribution in [0.3, 0.4) is 0 Å². The van der Waals surface area contributed by atoms with E-state index in [1.807, 2.05) is 0 Å². The summed E-state index contributed by atoms with van der Waals surface area (Å²) in [5.41, 5.74) is 0.0640. The smallest absolute Gasteiger partial charge is 0.251 e. The van der Waals surface area contributed by atoms with Crippen molar-refractivity contribution in [2.24, 2.45) is 0 Å². The lowest BCUT2D eigenvalue weighted by Crippen LogP contribution is -2.33. The minimum absolute atomic E-state index is 0.0277. The normalized spacial score (nSPS) is 11.5. The molecule has 0 aliphatic heterocycles. The maximum absolute atomic E-state index is 12.6. The van der Waals surface area contributed by atoms with E-state index in [1.54, 1.807) is 38.1 Å². The van der Waals surface area contributed by atoms with Crippen molar-refractivity contribution in [2.75, 3.05) is 18.4 Å². The van der Waals surface area contributed by atoms with E-state index < -0.39 is 21.5 Å². The van der Waals surface area contributed by atoms with Crippen LogP contribution in [0.1, 0.15) is 13.8 Å². The van der Waals surface area contributed by atoms with Crippen LogP contribution in [0.2, 0.25) is 5.02 Å². The van der Waals surface area contributed by atoms with Gasteiger partial charge in [0.15, 0.2) is 0 Å². The number of rotatable bonds is 7. The van der Waals surface area contributed by atoms with Gasteiger partial charge >= 0.3 is 0 Å². The first-order valence-corrected chi connectivity index (χ1v) is 9.85. The van der Waals surface area contributed by atoms with Crippen LogP contribution < -0.4 is 10.9 Å². The summed E-state index contributed by atoms with van der Waals surface area (Å²) in [4.78, 5) is 24.1. The second kappa shape index (κ2) is 8.48. The Morgan fingerprint density at radius 3 is 2.31 bits per heavy atom. The number of carbonyl (C=O) groups excluding carboxylic acids is 1. The van der Waals surface area contributed by atoms with Crippen molar-refractivity contribution in [3.8, 4) is 0 Å². The summed E-state index contributed by atoms with van der Waals surface area (Å²) in [7, 11) is -3.71. The quantitative estimate of drug-likeness (QED) is 0.775. The van der Waals surface area contributed by atoms with Crippen LogP contribution in [0.25, 0.3) is 0 Å². The van der Waals surface area contributed by atoms with E-state index in [9.17, 15) is 18.0 Å². The summed E-state index contributed by atoms with van der Waals surface area (Å²) in [5.74, 6) is -0.452. The van der Waals surface area contributed by atoms with E-state index in [1.165, 1.54) is 16.6 Å². The highest BCUT2D eigenvalue weighted by atomic mass is 35.5. The number of benzene rings is 1. The number of aromatic nitrogens is 1. The van der Waals surface area contributed by atoms with E-state index in [4.69, 9.17) is 11.6 Å². The van der Waals surface area contributed by atoms with Gasteiger partial charge in [-0.15, -0.1) is 0 Å². The number of amides is 1. The van der Waals surface area contributed by atoms with Crippen LogP contribution in [-0.2, 0) is 21.4 Å². The minimum atomic E-state index is -3.71. The number of sulfonamides is 1. The monoisotopic (exact) mass is 397 g/mol. The molecule has 1 N–H and O–H groups in total. The Hall–Kier alpha value is -2.16. The predicted octanol–water partition coefficient (Wildman–Crippen LogP) is 2.17. The zero-order valence-electron chi connectivity index (χ0n) is 14.5. The summed E-state index contributed by atoms with van der Waals surface area (Å²) >= 11 is 5.79. The molecule has 2 rings (SSSR count). The van der Waals surface area contributed by atoms with Crippen LogP contribution in [0.5, 0.6) is 0 Å². The van der Waals surface area contributed by atoms with E-state index >= 15 is 0 Å². The number of carbonyl (C=O) groups is 1. The molecule has 9 heteroatoms. The van der Waals surface area contributed by atoms with Gasteiger partial charge < -0.3 is 9.88 Å². The third-order valence-electron chi connectivity index (χ3n) is 3.74. The minimum Gasteiger partial charge on any atom is -0.325 e. The fourth-order valence-corrected chi connectivity index (χ4v) is 3.99. The number of nitrogens with zero attached hydrogens (tertiary/aromatic N) is 2. The molecule has 1 heterocycles. The Morgan fingerprint density at radius 2 is 1.73 bits per heavy atom. The second-order valence-electron chi connectivity index (χ2n) is 5.48. The van der Waals surface area contributed by atoms with E-state index in [0.717, 1.165) is 10.6 Å². The zero-order valence-corrected chi connectivity index (χ0v) is 16.0. The van der Waals surface area contributed by atoms with Gasteiger partial charge in [-0.25, -0.2) is 8.42 Å². The van der Waals surface area contributed by atoms with Crippen molar-refractivity contribution in [1.29, 1.82) is 0 Å². The van der Waals surface area contributed by atoms with Crippen LogP contribution in [0.15, 0.2) is 52.3 Å². The standard InChI is InChI=1S/C17H20ClN3O4S/c1-3-21(4-2)26(24,25)15-9-10-17(23)20(11-15)12-16(22)19-14-7-5-13(18)6-8-14/h5-11H,3-4,12H2,1-2H3,(H,19,22). The molecular formula is C17H20ClN3O4S. The fraction of sp³-hybridized carbons (Fsp3) is 0.294. The van der Waals surface area contributed by atoms with Gasteiger partial charge in [0, 0.05) is 36.1 Å². The highest BCUT2D eigenvalue weighted by molar-refractivity contribution is 7.89. The van der Waals surface area contributed by atoms with Crippen molar-refractivity contribution < 1.29 is 13.2 Å². The molecule has 1 aromatic heterocycles. The van der Waals surface area contributed by atoms with Gasteiger partial charge in [0.1, 0.15) is 6.54 Å². The first-order chi connectivity index (χ1) is 12.3. The van der Waals surface area contributed by atoms with Crippen molar-refractivity contribution in [3.63, 3.8) is 0 Å². The van der Waals surface area contributed by atoms with Gasteiger partial charge in [-0.05, 0) is 30.3 Å². The van der Waals surface area contributed by atoms with E-state index in [0.29, 0.717) is 23.8 Å². The Balaban J connectivity index is 2.23. The van der Waals surface area contributed by atoms with Crippen molar-refractivity contribution in [1.82, 2.24) is 8.87 Å². The molecule has 0 radical (unpaired) electrons. The SMILES string of the molecule is CCN(CC)S(=O)(=O)c1ccc(=O)n(CC(=O)Nc2ccc(Cl)cc2)c1. The number of nitrogens with one attached hydrogen (secondary N) is 1. The van der Waals surface area contributed by atoms with Crippen molar-refractivity contribution in [2.45, 2.75) is 25.3 Å². The van der Waals surface area contributed by atoms with Crippen LogP contribution in [-0.4, -0.2) is 36.3 Å². The molecule has 140 valence electrons. The molecule has 7 nitrogen and oxygen atoms in total. The molecule has 0 saturated heterocycles. The summed E-state index contributed by atoms with van der Waals surface area (Å²) in [6.07, 6.45) is 1.19. The number of anilines is 1. The van der Waals surface area contributed by atoms with Crippen molar-refractivity contribution >= 4 is 33.2 Å². The molecule has 0 unspecified atom stereocenters. The van der Waals surface area contributed by atoms with E-state index in [2.05, 4.69) is 5.32 Å². The molecule has 0 fully saturated rings. The highest BCUT2D eigenvalue weighted by Crippen LogP contribution is 2.15. The molecule has 0 spiro atoms. The lowest BCUT2D eigenvalue weighted by atomic mass is 10.3. The molecular weight excluding hydrogens is 378 g/mol. The molecule has 2 aromatic rings. The average Bonchev–Trinajstić information content (AvgIpc) is 2.59. The molecule has 26 heavy (non-hydrogen) atoms. The fourth-order valence-electron chi connectivity index (χ4n) is 2.39. The summed E-state index contributed by atoms with van der Waals surface area (Å²) in [6, 6.07) is 8.91. The first-order valence-electron chi connectivity index (χ1n) is 8.04. The van der Waals surface area contributed by atoms with Gasteiger partial charge in [-0.1, -0.05) is 25.4 Å². The predicted molar refractivity (Wildman–Crippen MR) is 101 cm³/mol. The van der Waals surface area contributed by atoms with E-state index in [-0.39, 0.29) is 11.4 Å². The number of hydrogen-bond donors (Lipinski definition) is 1. The average molecular weight is 398 g/mol. The Bertz CT molecular complexity index is 935. The Kier molecular flexibility index (Phi) is 6.57. The molecule has 0 aliphatic carbocycles. The third-order valence-corrected chi connectivity index (χ3v) is 6.03. The number of pyridine rings is 1.